The summed E-state index contributed by atoms with van der Waals surface area (Å²) in [6.45, 7) is 7.24. The van der Waals surface area contributed by atoms with E-state index < -0.39 is 57.1 Å². The van der Waals surface area contributed by atoms with Crippen LogP contribution in [0.25, 0.3) is 0 Å². The molecule has 4 saturated heterocycles. The van der Waals surface area contributed by atoms with Gasteiger partial charge >= 0.3 is 17.9 Å². The van der Waals surface area contributed by atoms with E-state index in [-0.39, 0.29) is 29.7 Å². The monoisotopic (exact) mass is 806 g/mol. The Morgan fingerprint density at radius 2 is 1.68 bits per heavy atom. The van der Waals surface area contributed by atoms with Crippen LogP contribution in [-0.4, -0.2) is 136 Å². The number of fused-ring (bicyclic) bond motifs is 4. The van der Waals surface area contributed by atoms with Gasteiger partial charge in [0.25, 0.3) is 0 Å². The number of rotatable bonds is 7. The number of likely N-dealkylation sites (N-methyl/N-ethyl adjacent to an activating group) is 1. The third-order valence-electron chi connectivity index (χ3n) is 17.3. The van der Waals surface area contributed by atoms with E-state index in [9.17, 15) is 14.7 Å². The van der Waals surface area contributed by atoms with Crippen molar-refractivity contribution in [2.24, 2.45) is 22.2 Å². The number of piperidine rings is 1. The summed E-state index contributed by atoms with van der Waals surface area (Å²) in [4.78, 5) is 56.5. The van der Waals surface area contributed by atoms with Crippen molar-refractivity contribution in [3.63, 3.8) is 0 Å². The molecule has 7 aliphatic heterocycles. The first-order chi connectivity index (χ1) is 28.4. The van der Waals surface area contributed by atoms with E-state index in [2.05, 4.69) is 47.1 Å². The van der Waals surface area contributed by atoms with Crippen LogP contribution in [0.3, 0.4) is 0 Å². The van der Waals surface area contributed by atoms with Crippen molar-refractivity contribution in [1.29, 1.82) is 0 Å². The van der Waals surface area contributed by atoms with Crippen LogP contribution in [0, 0.1) is 17.3 Å². The van der Waals surface area contributed by atoms with Crippen LogP contribution in [0.5, 0.6) is 5.75 Å². The fraction of sp³-hybridized carbons (Fsp3) is 0.609. The van der Waals surface area contributed by atoms with Crippen molar-refractivity contribution in [2.75, 3.05) is 66.6 Å². The quantitative estimate of drug-likeness (QED) is 0.189. The topological polar surface area (TPSA) is 143 Å². The number of carbonyl (C=O) groups excluding carboxylic acids is 3. The molecule has 13 heteroatoms. The molecule has 2 aromatic rings. The average Bonchev–Trinajstić information content (AvgIpc) is 3.47. The third-order valence-corrected chi connectivity index (χ3v) is 17.3. The predicted octanol–water partition coefficient (Wildman–Crippen LogP) is 3.59. The van der Waals surface area contributed by atoms with Gasteiger partial charge in [-0.2, -0.15) is 0 Å². The lowest BCUT2D eigenvalue weighted by molar-refractivity contribution is -0.209. The molecular formula is C46H54N4O9. The molecule has 2 aliphatic carbocycles. The zero-order valence-electron chi connectivity index (χ0n) is 34.9. The van der Waals surface area contributed by atoms with Crippen LogP contribution in [-0.2, 0) is 49.6 Å². The molecule has 7 heterocycles. The summed E-state index contributed by atoms with van der Waals surface area (Å²) in [7, 11) is 7.52. The second kappa shape index (κ2) is 12.0. The van der Waals surface area contributed by atoms with Crippen LogP contribution in [0.1, 0.15) is 62.6 Å². The van der Waals surface area contributed by atoms with Crippen molar-refractivity contribution in [1.82, 2.24) is 9.80 Å². The molecular weight excluding hydrogens is 753 g/mol. The Bertz CT molecular complexity index is 2300. The Morgan fingerprint density at radius 1 is 0.915 bits per heavy atom. The van der Waals surface area contributed by atoms with Crippen LogP contribution in [0.4, 0.5) is 11.4 Å². The van der Waals surface area contributed by atoms with Crippen LogP contribution in [0.2, 0.25) is 0 Å². The number of hydrogen-bond donors (Lipinski definition) is 1. The molecule has 4 unspecified atom stereocenters. The maximum absolute atomic E-state index is 15.4. The summed E-state index contributed by atoms with van der Waals surface area (Å²) in [6.07, 6.45) is 7.21. The molecule has 9 aliphatic rings. The number of methoxy groups -OCH3 is 4. The normalized spacial score (nSPS) is 42.6. The second-order valence-corrected chi connectivity index (χ2v) is 18.7. The summed E-state index contributed by atoms with van der Waals surface area (Å²) in [6, 6.07) is 11.3. The number of aliphatic hydroxyl groups is 1. The fourth-order valence-corrected chi connectivity index (χ4v) is 15.5. The van der Waals surface area contributed by atoms with Gasteiger partial charge in [-0.05, 0) is 68.5 Å². The Kier molecular flexibility index (Phi) is 7.63. The minimum atomic E-state index is -2.32. The lowest BCUT2D eigenvalue weighted by Gasteiger charge is -2.63. The van der Waals surface area contributed by atoms with E-state index in [1.807, 2.05) is 37.1 Å². The minimum absolute atomic E-state index is 0.0138. The predicted molar refractivity (Wildman–Crippen MR) is 216 cm³/mol. The number of carbonyl (C=O) groups is 3. The molecule has 2 aromatic carbocycles. The summed E-state index contributed by atoms with van der Waals surface area (Å²) in [5, 5.41) is 13.4. The SMILES string of the molecule is CC[C@]12CN3CC[C@@]45C(=Nc6ccccc64)C(C(=O)OC)(c4cc6c(cc4OC)N(C)C4[C@]67CCN6CC=C[C@@](CC)([C@@H](C(=O)OC)[C@]4(O)C(=O)OC)[C@H]67)CC(C1O2)[C@@H]35. The van der Waals surface area contributed by atoms with Gasteiger partial charge in [0, 0.05) is 66.3 Å². The number of anilines is 1. The highest BCUT2D eigenvalue weighted by atomic mass is 16.6. The van der Waals surface area contributed by atoms with E-state index >= 15 is 4.79 Å². The standard InChI is InChI=1S/C46H54N4O9/c1-8-41-15-12-18-49-19-17-44(37(41)49)27-21-28(31(55-4)22-30(27)48(3)38(44)46(54,40(53)58-7)32(41)35(51)56-5)45(39(52)57-6)23-25-33-43(26-13-10-11-14-29(26)47-36(43)45)16-20-50(33)24-42(9-2)34(25)59-42/h10-15,21-22,25,32-34,37-38,54H,8-9,16-20,23-24H2,1-7H3/t25?,32-,33-,34?,37+,38?,41+,42+,43-,44-,45?,46-/m1/s1. The Hall–Kier alpha value is -4.30. The number of epoxide rings is 1. The highest BCUT2D eigenvalue weighted by Gasteiger charge is 2.82. The first kappa shape index (κ1) is 37.7. The number of ether oxygens (including phenoxy) is 5. The van der Waals surface area contributed by atoms with Gasteiger partial charge in [0.05, 0.1) is 57.4 Å². The summed E-state index contributed by atoms with van der Waals surface area (Å²) >= 11 is 0. The van der Waals surface area contributed by atoms with E-state index in [1.165, 1.54) is 21.3 Å². The molecule has 312 valence electrons. The fourth-order valence-electron chi connectivity index (χ4n) is 15.5. The van der Waals surface area contributed by atoms with Crippen LogP contribution < -0.4 is 9.64 Å². The van der Waals surface area contributed by atoms with Gasteiger partial charge in [0.1, 0.15) is 22.7 Å². The van der Waals surface area contributed by atoms with Gasteiger partial charge < -0.3 is 33.7 Å². The number of esters is 3. The van der Waals surface area contributed by atoms with Crippen molar-refractivity contribution in [2.45, 2.75) is 97.6 Å². The molecule has 2 spiro atoms. The van der Waals surface area contributed by atoms with Gasteiger partial charge in [-0.1, -0.05) is 44.2 Å². The zero-order chi connectivity index (χ0) is 41.2. The van der Waals surface area contributed by atoms with Crippen molar-refractivity contribution in [3.8, 4) is 5.75 Å². The summed E-state index contributed by atoms with van der Waals surface area (Å²) in [5.74, 6) is -2.75. The third kappa shape index (κ3) is 3.95. The molecule has 59 heavy (non-hydrogen) atoms. The van der Waals surface area contributed by atoms with Crippen LogP contribution in [0.15, 0.2) is 53.5 Å². The van der Waals surface area contributed by atoms with E-state index in [4.69, 9.17) is 28.7 Å². The number of aliphatic imine (C=N–C) groups is 1. The van der Waals surface area contributed by atoms with E-state index in [0.717, 1.165) is 54.1 Å². The maximum atomic E-state index is 15.4. The molecule has 0 radical (unpaired) electrons. The number of nitrogens with zero attached hydrogens (tertiary/aromatic N) is 4. The molecule has 6 fully saturated rings. The molecule has 11 rings (SSSR count). The highest BCUT2D eigenvalue weighted by Crippen LogP contribution is 2.71. The molecule has 13 nitrogen and oxygen atoms in total. The number of benzene rings is 2. The first-order valence-corrected chi connectivity index (χ1v) is 21.4. The molecule has 2 saturated carbocycles. The first-order valence-electron chi connectivity index (χ1n) is 21.4. The van der Waals surface area contributed by atoms with Gasteiger partial charge in [-0.15, -0.1) is 0 Å². The number of hydrogen-bond acceptors (Lipinski definition) is 13. The zero-order valence-corrected chi connectivity index (χ0v) is 34.9. The van der Waals surface area contributed by atoms with Gasteiger partial charge in [0.2, 0.25) is 0 Å². The minimum Gasteiger partial charge on any atom is -0.496 e. The largest absolute Gasteiger partial charge is 0.496 e. The molecule has 12 atom stereocenters. The molecule has 0 bridgehead atoms. The average molecular weight is 807 g/mol. The Morgan fingerprint density at radius 3 is 2.39 bits per heavy atom. The van der Waals surface area contributed by atoms with Crippen molar-refractivity contribution in [3.05, 3.63) is 65.2 Å². The van der Waals surface area contributed by atoms with Gasteiger partial charge in [0.15, 0.2) is 5.60 Å². The van der Waals surface area contributed by atoms with Gasteiger partial charge in [-0.25, -0.2) is 4.79 Å². The second-order valence-electron chi connectivity index (χ2n) is 18.7. The lowest BCUT2D eigenvalue weighted by Crippen LogP contribution is -2.80. The molecule has 0 aromatic heterocycles. The smallest absolute Gasteiger partial charge is 0.341 e. The number of para-hydroxylation sites is 1. The Balaban J connectivity index is 1.20. The van der Waals surface area contributed by atoms with E-state index in [1.54, 1.807) is 7.11 Å². The molecule has 0 amide bonds. The lowest BCUT2D eigenvalue weighted by atomic mass is 9.44. The summed E-state index contributed by atoms with van der Waals surface area (Å²) in [5.41, 5.74) is -1.33. The summed E-state index contributed by atoms with van der Waals surface area (Å²) < 4.78 is 30.1. The van der Waals surface area contributed by atoms with E-state index in [0.29, 0.717) is 43.7 Å². The van der Waals surface area contributed by atoms with Crippen molar-refractivity contribution < 1.29 is 43.2 Å². The highest BCUT2D eigenvalue weighted by molar-refractivity contribution is 6.21. The Labute approximate surface area is 344 Å². The van der Waals surface area contributed by atoms with Gasteiger partial charge in [-0.3, -0.25) is 24.4 Å². The maximum Gasteiger partial charge on any atom is 0.341 e. The van der Waals surface area contributed by atoms with Crippen LogP contribution >= 0.6 is 0 Å². The van der Waals surface area contributed by atoms with Crippen molar-refractivity contribution >= 4 is 35.0 Å². The molecule has 1 N–H and O–H groups in total.